The van der Waals surface area contributed by atoms with Crippen LogP contribution in [0, 0.1) is 5.41 Å². The molecule has 0 spiro atoms. The van der Waals surface area contributed by atoms with Gasteiger partial charge in [-0.05, 0) is 25.8 Å². The second-order valence-corrected chi connectivity index (χ2v) is 4.40. The summed E-state index contributed by atoms with van der Waals surface area (Å²) in [6.45, 7) is 3.34. The number of aliphatic carboxylic acids is 1. The number of alkyl halides is 1. The summed E-state index contributed by atoms with van der Waals surface area (Å²) in [6, 6.07) is 0. The summed E-state index contributed by atoms with van der Waals surface area (Å²) in [7, 11) is 0. The van der Waals surface area contributed by atoms with E-state index in [9.17, 15) is 14.3 Å². The Balaban J connectivity index is 2.66. The molecule has 1 saturated heterocycles. The van der Waals surface area contributed by atoms with E-state index in [2.05, 4.69) is 0 Å². The normalized spacial score (nSPS) is 27.9. The number of hydrogen-bond acceptors (Lipinski definition) is 2. The van der Waals surface area contributed by atoms with Crippen molar-refractivity contribution in [3.8, 4) is 0 Å². The van der Waals surface area contributed by atoms with Gasteiger partial charge in [-0.2, -0.15) is 0 Å². The average Bonchev–Trinajstić information content (AvgIpc) is 2.19. The van der Waals surface area contributed by atoms with Crippen LogP contribution in [0.1, 0.15) is 32.6 Å². The minimum Gasteiger partial charge on any atom is -0.481 e. The van der Waals surface area contributed by atoms with Gasteiger partial charge in [0, 0.05) is 13.1 Å². The zero-order chi connectivity index (χ0) is 11.3. The number of piperidine rings is 1. The van der Waals surface area contributed by atoms with Crippen LogP contribution >= 0.6 is 0 Å². The largest absolute Gasteiger partial charge is 0.481 e. The fraction of sp³-hybridized carbons (Fsp3) is 0.909. The van der Waals surface area contributed by atoms with Crippen molar-refractivity contribution < 1.29 is 14.3 Å². The number of halogens is 1. The van der Waals surface area contributed by atoms with Gasteiger partial charge in [-0.1, -0.05) is 13.3 Å². The summed E-state index contributed by atoms with van der Waals surface area (Å²) in [4.78, 5) is 13.2. The fourth-order valence-corrected chi connectivity index (χ4v) is 2.50. The van der Waals surface area contributed by atoms with Crippen molar-refractivity contribution in [1.29, 1.82) is 0 Å². The van der Waals surface area contributed by atoms with Crippen molar-refractivity contribution in [3.05, 3.63) is 0 Å². The molecule has 4 heteroatoms. The topological polar surface area (TPSA) is 40.5 Å². The Bertz CT molecular complexity index is 217. The molecule has 1 unspecified atom stereocenters. The smallest absolute Gasteiger partial charge is 0.310 e. The lowest BCUT2D eigenvalue weighted by Crippen LogP contribution is -2.48. The molecule has 1 fully saturated rings. The molecule has 0 bridgehead atoms. The minimum absolute atomic E-state index is 0.374. The Morgan fingerprint density at radius 3 is 2.87 bits per heavy atom. The van der Waals surface area contributed by atoms with E-state index in [1.807, 2.05) is 11.8 Å². The van der Waals surface area contributed by atoms with Crippen LogP contribution < -0.4 is 0 Å². The molecular weight excluding hydrogens is 197 g/mol. The molecule has 88 valence electrons. The average molecular weight is 217 g/mol. The van der Waals surface area contributed by atoms with Crippen molar-refractivity contribution in [2.45, 2.75) is 32.6 Å². The summed E-state index contributed by atoms with van der Waals surface area (Å²) in [5.74, 6) is -0.715. The fourth-order valence-electron chi connectivity index (χ4n) is 2.50. The maximum Gasteiger partial charge on any atom is 0.310 e. The zero-order valence-electron chi connectivity index (χ0n) is 9.34. The summed E-state index contributed by atoms with van der Waals surface area (Å²) < 4.78 is 12.2. The minimum atomic E-state index is -0.715. The van der Waals surface area contributed by atoms with Crippen LogP contribution in [0.15, 0.2) is 0 Å². The number of likely N-dealkylation sites (tertiary alicyclic amines) is 1. The Labute approximate surface area is 90.3 Å². The third-order valence-corrected chi connectivity index (χ3v) is 3.24. The lowest BCUT2D eigenvalue weighted by molar-refractivity contribution is -0.153. The van der Waals surface area contributed by atoms with Gasteiger partial charge in [0.15, 0.2) is 0 Å². The van der Waals surface area contributed by atoms with Gasteiger partial charge in [-0.25, -0.2) is 4.39 Å². The summed E-state index contributed by atoms with van der Waals surface area (Å²) in [5, 5.41) is 9.29. The zero-order valence-corrected chi connectivity index (χ0v) is 9.34. The van der Waals surface area contributed by atoms with Crippen molar-refractivity contribution in [2.24, 2.45) is 5.41 Å². The lowest BCUT2D eigenvalue weighted by Gasteiger charge is -2.39. The molecular formula is C11H20FNO2. The first kappa shape index (κ1) is 12.4. The Hall–Kier alpha value is -0.640. The van der Waals surface area contributed by atoms with Crippen LogP contribution in [0.2, 0.25) is 0 Å². The van der Waals surface area contributed by atoms with Gasteiger partial charge < -0.3 is 5.11 Å². The third-order valence-electron chi connectivity index (χ3n) is 3.24. The molecule has 1 rings (SSSR count). The molecule has 0 amide bonds. The van der Waals surface area contributed by atoms with E-state index < -0.39 is 11.4 Å². The van der Waals surface area contributed by atoms with Gasteiger partial charge in [0.2, 0.25) is 0 Å². The van der Waals surface area contributed by atoms with Gasteiger partial charge in [0.1, 0.15) is 6.67 Å². The van der Waals surface area contributed by atoms with Crippen LogP contribution in [0.5, 0.6) is 0 Å². The van der Waals surface area contributed by atoms with Gasteiger partial charge >= 0.3 is 5.97 Å². The molecule has 0 aliphatic carbocycles. The van der Waals surface area contributed by atoms with Crippen LogP contribution in [-0.4, -0.2) is 42.3 Å². The number of carbonyl (C=O) groups is 1. The van der Waals surface area contributed by atoms with Crippen LogP contribution in [0.25, 0.3) is 0 Å². The maximum absolute atomic E-state index is 12.2. The first-order valence-corrected chi connectivity index (χ1v) is 5.66. The number of nitrogens with zero attached hydrogens (tertiary/aromatic N) is 1. The maximum atomic E-state index is 12.2. The van der Waals surface area contributed by atoms with Gasteiger partial charge in [0.25, 0.3) is 0 Å². The molecule has 1 heterocycles. The molecule has 0 aromatic heterocycles. The van der Waals surface area contributed by atoms with Gasteiger partial charge in [-0.15, -0.1) is 0 Å². The number of carboxylic acid groups (broad SMARTS) is 1. The number of hydrogen-bond donors (Lipinski definition) is 1. The lowest BCUT2D eigenvalue weighted by atomic mass is 9.76. The second kappa shape index (κ2) is 5.45. The van der Waals surface area contributed by atoms with E-state index in [0.717, 1.165) is 25.8 Å². The van der Waals surface area contributed by atoms with E-state index in [1.54, 1.807) is 0 Å². The molecule has 0 aromatic carbocycles. The highest BCUT2D eigenvalue weighted by atomic mass is 19.1. The van der Waals surface area contributed by atoms with Crippen molar-refractivity contribution in [2.75, 3.05) is 26.3 Å². The summed E-state index contributed by atoms with van der Waals surface area (Å²) in [5.41, 5.74) is -0.623. The molecule has 1 aliphatic rings. The predicted octanol–water partition coefficient (Wildman–Crippen LogP) is 1.92. The third kappa shape index (κ3) is 2.91. The second-order valence-electron chi connectivity index (χ2n) is 4.40. The standard InChI is InChI=1S/C11H20FNO2/c1-2-4-11(10(14)15)5-3-7-13(9-11)8-6-12/h2-9H2,1H3,(H,14,15). The van der Waals surface area contributed by atoms with E-state index in [0.29, 0.717) is 19.5 Å². The molecule has 0 aromatic rings. The summed E-state index contributed by atoms with van der Waals surface area (Å²) >= 11 is 0. The molecule has 1 aliphatic heterocycles. The van der Waals surface area contributed by atoms with E-state index >= 15 is 0 Å². The Morgan fingerprint density at radius 1 is 1.60 bits per heavy atom. The van der Waals surface area contributed by atoms with Crippen LogP contribution in [-0.2, 0) is 4.79 Å². The Kier molecular flexibility index (Phi) is 4.51. The molecule has 0 radical (unpaired) electrons. The highest BCUT2D eigenvalue weighted by Crippen LogP contribution is 2.34. The first-order chi connectivity index (χ1) is 7.14. The van der Waals surface area contributed by atoms with E-state index in [1.165, 1.54) is 0 Å². The van der Waals surface area contributed by atoms with Gasteiger partial charge in [0.05, 0.1) is 5.41 Å². The van der Waals surface area contributed by atoms with Crippen molar-refractivity contribution >= 4 is 5.97 Å². The molecule has 1 atom stereocenters. The van der Waals surface area contributed by atoms with Crippen molar-refractivity contribution in [1.82, 2.24) is 4.90 Å². The number of carboxylic acids is 1. The highest BCUT2D eigenvalue weighted by molar-refractivity contribution is 5.75. The Morgan fingerprint density at radius 2 is 2.33 bits per heavy atom. The molecule has 15 heavy (non-hydrogen) atoms. The van der Waals surface area contributed by atoms with Crippen LogP contribution in [0.4, 0.5) is 4.39 Å². The highest BCUT2D eigenvalue weighted by Gasteiger charge is 2.41. The predicted molar refractivity (Wildman–Crippen MR) is 56.6 cm³/mol. The SMILES string of the molecule is CCCC1(C(=O)O)CCCN(CCF)C1. The molecule has 1 N–H and O–H groups in total. The van der Waals surface area contributed by atoms with Crippen LogP contribution in [0.3, 0.4) is 0 Å². The quantitative estimate of drug-likeness (QED) is 0.765. The van der Waals surface area contributed by atoms with E-state index in [4.69, 9.17) is 0 Å². The molecule has 3 nitrogen and oxygen atoms in total. The van der Waals surface area contributed by atoms with Gasteiger partial charge in [-0.3, -0.25) is 9.69 Å². The summed E-state index contributed by atoms with van der Waals surface area (Å²) in [6.07, 6.45) is 3.17. The number of rotatable bonds is 5. The molecule has 0 saturated carbocycles. The van der Waals surface area contributed by atoms with E-state index in [-0.39, 0.29) is 6.67 Å². The van der Waals surface area contributed by atoms with Crippen molar-refractivity contribution in [3.63, 3.8) is 0 Å². The first-order valence-electron chi connectivity index (χ1n) is 5.66. The monoisotopic (exact) mass is 217 g/mol.